The fourth-order valence-corrected chi connectivity index (χ4v) is 4.39. The highest BCUT2D eigenvalue weighted by molar-refractivity contribution is 7.89. The van der Waals surface area contributed by atoms with Crippen LogP contribution in [0.5, 0.6) is 0 Å². The highest BCUT2D eigenvalue weighted by Gasteiger charge is 2.27. The number of aryl methyl sites for hydroxylation is 1. The van der Waals surface area contributed by atoms with Crippen LogP contribution >= 0.6 is 0 Å². The molecule has 9 nitrogen and oxygen atoms in total. The number of para-hydroxylation sites is 1. The third kappa shape index (κ3) is 6.31. The van der Waals surface area contributed by atoms with E-state index < -0.39 is 27.4 Å². The number of hydrogen-bond acceptors (Lipinski definition) is 6. The molecule has 170 valence electrons. The summed E-state index contributed by atoms with van der Waals surface area (Å²) in [5, 5.41) is 14.8. The van der Waals surface area contributed by atoms with Crippen LogP contribution in [0.2, 0.25) is 0 Å². The topological polar surface area (TPSA) is 122 Å². The second-order valence-electron chi connectivity index (χ2n) is 7.18. The zero-order chi connectivity index (χ0) is 23.8. The summed E-state index contributed by atoms with van der Waals surface area (Å²) in [5.41, 5.74) is 3.91. The van der Waals surface area contributed by atoms with Gasteiger partial charge in [-0.05, 0) is 30.7 Å². The van der Waals surface area contributed by atoms with Crippen molar-refractivity contribution in [3.8, 4) is 0 Å². The first kappa shape index (κ1) is 23.8. The Morgan fingerprint density at radius 3 is 2.33 bits per heavy atom. The van der Waals surface area contributed by atoms with Gasteiger partial charge in [0.2, 0.25) is 10.0 Å². The maximum Gasteiger partial charge on any atom is 0.278 e. The quantitative estimate of drug-likeness (QED) is 0.295. The van der Waals surface area contributed by atoms with Gasteiger partial charge in [0.25, 0.3) is 11.6 Å². The van der Waals surface area contributed by atoms with E-state index in [2.05, 4.69) is 10.5 Å². The molecule has 0 spiro atoms. The lowest BCUT2D eigenvalue weighted by Crippen LogP contribution is -2.39. The molecule has 0 fully saturated rings. The Bertz CT molecular complexity index is 1260. The largest absolute Gasteiger partial charge is 0.278 e. The molecule has 0 aliphatic rings. The van der Waals surface area contributed by atoms with Crippen LogP contribution in [-0.2, 0) is 21.4 Å². The van der Waals surface area contributed by atoms with Crippen LogP contribution in [-0.4, -0.2) is 36.3 Å². The van der Waals surface area contributed by atoms with Gasteiger partial charge in [0, 0.05) is 12.6 Å². The van der Waals surface area contributed by atoms with Crippen LogP contribution in [0.25, 0.3) is 0 Å². The first-order chi connectivity index (χ1) is 15.8. The van der Waals surface area contributed by atoms with Gasteiger partial charge in [-0.15, -0.1) is 0 Å². The van der Waals surface area contributed by atoms with Crippen molar-refractivity contribution in [2.24, 2.45) is 5.10 Å². The molecule has 3 aromatic carbocycles. The molecule has 1 N–H and O–H groups in total. The minimum atomic E-state index is -3.97. The van der Waals surface area contributed by atoms with E-state index in [0.29, 0.717) is 5.56 Å². The fourth-order valence-electron chi connectivity index (χ4n) is 3.00. The lowest BCUT2D eigenvalue weighted by molar-refractivity contribution is -0.385. The molecule has 10 heteroatoms. The number of hydrogen-bond donors (Lipinski definition) is 1. The number of hydrazone groups is 1. The predicted molar refractivity (Wildman–Crippen MR) is 124 cm³/mol. The van der Waals surface area contributed by atoms with E-state index in [0.717, 1.165) is 16.1 Å². The second-order valence-corrected chi connectivity index (χ2v) is 9.12. The number of nitro benzene ring substituents is 1. The highest BCUT2D eigenvalue weighted by atomic mass is 32.2. The number of carbonyl (C=O) groups excluding carboxylic acids is 1. The number of nitro groups is 1. The minimum absolute atomic E-state index is 0.0155. The Balaban J connectivity index is 1.79. The van der Waals surface area contributed by atoms with E-state index >= 15 is 0 Å². The average Bonchev–Trinajstić information content (AvgIpc) is 2.80. The van der Waals surface area contributed by atoms with Gasteiger partial charge in [-0.1, -0.05) is 60.2 Å². The zero-order valence-corrected chi connectivity index (χ0v) is 18.6. The van der Waals surface area contributed by atoms with Gasteiger partial charge in [0.1, 0.15) is 0 Å². The van der Waals surface area contributed by atoms with Crippen molar-refractivity contribution in [1.29, 1.82) is 0 Å². The van der Waals surface area contributed by atoms with Crippen molar-refractivity contribution in [3.05, 3.63) is 106 Å². The van der Waals surface area contributed by atoms with E-state index in [1.165, 1.54) is 30.3 Å². The first-order valence-electron chi connectivity index (χ1n) is 9.93. The summed E-state index contributed by atoms with van der Waals surface area (Å²) in [6.07, 6.45) is 1.14. The van der Waals surface area contributed by atoms with Crippen molar-refractivity contribution in [1.82, 2.24) is 9.73 Å². The predicted octanol–water partition coefficient (Wildman–Crippen LogP) is 3.24. The van der Waals surface area contributed by atoms with Crippen LogP contribution in [0, 0.1) is 17.0 Å². The Hall–Kier alpha value is -3.89. The Kier molecular flexibility index (Phi) is 7.65. The molecule has 0 unspecified atom stereocenters. The lowest BCUT2D eigenvalue weighted by Gasteiger charge is -2.21. The number of amides is 1. The van der Waals surface area contributed by atoms with Crippen LogP contribution in [0.4, 0.5) is 5.69 Å². The fraction of sp³-hybridized carbons (Fsp3) is 0.130. The summed E-state index contributed by atoms with van der Waals surface area (Å²) in [5.74, 6) is -0.684. The molecule has 1 amide bonds. The molecule has 33 heavy (non-hydrogen) atoms. The molecule has 0 atom stereocenters. The Labute approximate surface area is 191 Å². The smallest absolute Gasteiger partial charge is 0.272 e. The molecular weight excluding hydrogens is 444 g/mol. The maximum atomic E-state index is 13.2. The minimum Gasteiger partial charge on any atom is -0.272 e. The molecule has 3 rings (SSSR count). The maximum absolute atomic E-state index is 13.2. The molecule has 0 aliphatic heterocycles. The number of sulfonamides is 1. The van der Waals surface area contributed by atoms with E-state index in [-0.39, 0.29) is 22.7 Å². The molecular formula is C23H22N4O5S. The molecule has 0 saturated heterocycles. The van der Waals surface area contributed by atoms with Crippen molar-refractivity contribution in [2.75, 3.05) is 6.54 Å². The number of nitrogens with zero attached hydrogens (tertiary/aromatic N) is 3. The average molecular weight is 467 g/mol. The molecule has 0 heterocycles. The summed E-state index contributed by atoms with van der Waals surface area (Å²) in [4.78, 5) is 23.1. The number of rotatable bonds is 9. The number of carbonyl (C=O) groups is 1. The molecule has 0 aliphatic carbocycles. The Morgan fingerprint density at radius 2 is 1.67 bits per heavy atom. The van der Waals surface area contributed by atoms with Crippen LogP contribution < -0.4 is 5.43 Å². The summed E-state index contributed by atoms with van der Waals surface area (Å²) in [6.45, 7) is 1.35. The van der Waals surface area contributed by atoms with E-state index in [9.17, 15) is 23.3 Å². The van der Waals surface area contributed by atoms with Crippen molar-refractivity contribution in [2.45, 2.75) is 18.4 Å². The van der Waals surface area contributed by atoms with E-state index in [1.807, 2.05) is 13.0 Å². The van der Waals surface area contributed by atoms with Gasteiger partial charge < -0.3 is 0 Å². The molecule has 3 aromatic rings. The van der Waals surface area contributed by atoms with E-state index in [4.69, 9.17) is 0 Å². The van der Waals surface area contributed by atoms with Gasteiger partial charge in [0.05, 0.1) is 28.1 Å². The summed E-state index contributed by atoms with van der Waals surface area (Å²) in [6, 6.07) is 21.2. The van der Waals surface area contributed by atoms with Crippen molar-refractivity contribution < 1.29 is 18.1 Å². The SMILES string of the molecule is Cc1ccc(S(=O)(=O)N(CC(=O)N/N=C/c2ccccc2[N+](=O)[O-])Cc2ccccc2)cc1. The van der Waals surface area contributed by atoms with Gasteiger partial charge in [-0.2, -0.15) is 9.41 Å². The first-order valence-corrected chi connectivity index (χ1v) is 11.4. The van der Waals surface area contributed by atoms with Gasteiger partial charge in [-0.3, -0.25) is 14.9 Å². The van der Waals surface area contributed by atoms with Gasteiger partial charge in [-0.25, -0.2) is 13.8 Å². The molecule has 0 radical (unpaired) electrons. The van der Waals surface area contributed by atoms with E-state index in [1.54, 1.807) is 42.5 Å². The Morgan fingerprint density at radius 1 is 1.03 bits per heavy atom. The van der Waals surface area contributed by atoms with Crippen molar-refractivity contribution in [3.63, 3.8) is 0 Å². The second kappa shape index (κ2) is 10.6. The normalized spacial score (nSPS) is 11.6. The third-order valence-electron chi connectivity index (χ3n) is 4.71. The zero-order valence-electron chi connectivity index (χ0n) is 17.8. The van der Waals surface area contributed by atoms with Crippen LogP contribution in [0.3, 0.4) is 0 Å². The highest BCUT2D eigenvalue weighted by Crippen LogP contribution is 2.19. The van der Waals surface area contributed by atoms with Gasteiger partial charge in [0.15, 0.2) is 0 Å². The summed E-state index contributed by atoms with van der Waals surface area (Å²) >= 11 is 0. The monoisotopic (exact) mass is 466 g/mol. The number of nitrogens with one attached hydrogen (secondary N) is 1. The van der Waals surface area contributed by atoms with Gasteiger partial charge >= 0.3 is 0 Å². The summed E-state index contributed by atoms with van der Waals surface area (Å²) < 4.78 is 27.5. The molecule has 0 aromatic heterocycles. The number of benzene rings is 3. The van der Waals surface area contributed by atoms with Crippen LogP contribution in [0.15, 0.2) is 88.9 Å². The van der Waals surface area contributed by atoms with Crippen LogP contribution in [0.1, 0.15) is 16.7 Å². The molecule has 0 saturated carbocycles. The summed E-state index contributed by atoms with van der Waals surface area (Å²) in [7, 11) is -3.97. The van der Waals surface area contributed by atoms with Crippen molar-refractivity contribution >= 4 is 27.8 Å². The standard InChI is InChI=1S/C23H22N4O5S/c1-18-11-13-21(14-12-18)33(31,32)26(16-19-7-3-2-4-8-19)17-23(28)25-24-15-20-9-5-6-10-22(20)27(29)30/h2-15H,16-17H2,1H3,(H,25,28)/b24-15+. The molecule has 0 bridgehead atoms. The lowest BCUT2D eigenvalue weighted by atomic mass is 10.2. The third-order valence-corrected chi connectivity index (χ3v) is 6.51.